The molecule has 0 spiro atoms. The van der Waals surface area contributed by atoms with Crippen molar-refractivity contribution in [3.8, 4) is 6.07 Å². The van der Waals surface area contributed by atoms with Gasteiger partial charge in [-0.2, -0.15) is 5.26 Å². The second kappa shape index (κ2) is 4.78. The van der Waals surface area contributed by atoms with Crippen molar-refractivity contribution in [2.24, 2.45) is 11.3 Å². The average Bonchev–Trinajstić information content (AvgIpc) is 2.37. The quantitative estimate of drug-likeness (QED) is 0.671. The molecule has 1 aromatic carbocycles. The summed E-state index contributed by atoms with van der Waals surface area (Å²) in [7, 11) is 0. The standard InChI is InChI=1S/C13H10F4N2O/c1-6-3-13(4-6,5-18)12(20)19-11-9(16)7(14)2-8(15)10(11)17/h2,6H,3-4H2,1H3,(H,19,20). The summed E-state index contributed by atoms with van der Waals surface area (Å²) in [5.74, 6) is -7.46. The Bertz CT molecular complexity index is 592. The molecule has 20 heavy (non-hydrogen) atoms. The van der Waals surface area contributed by atoms with Crippen LogP contribution in [-0.4, -0.2) is 5.91 Å². The van der Waals surface area contributed by atoms with E-state index in [0.29, 0.717) is 0 Å². The Balaban J connectivity index is 2.32. The molecule has 0 saturated heterocycles. The molecule has 1 aromatic rings. The van der Waals surface area contributed by atoms with E-state index < -0.39 is 40.3 Å². The van der Waals surface area contributed by atoms with Gasteiger partial charge in [-0.05, 0) is 18.8 Å². The number of benzene rings is 1. The first-order valence-electron chi connectivity index (χ1n) is 5.86. The van der Waals surface area contributed by atoms with Gasteiger partial charge < -0.3 is 5.32 Å². The second-order valence-corrected chi connectivity index (χ2v) is 5.00. The fourth-order valence-corrected chi connectivity index (χ4v) is 2.37. The summed E-state index contributed by atoms with van der Waals surface area (Å²) >= 11 is 0. The highest BCUT2D eigenvalue weighted by atomic mass is 19.2. The van der Waals surface area contributed by atoms with E-state index in [2.05, 4.69) is 0 Å². The Morgan fingerprint density at radius 1 is 1.30 bits per heavy atom. The van der Waals surface area contributed by atoms with E-state index in [9.17, 15) is 22.4 Å². The molecule has 0 heterocycles. The fraction of sp³-hybridized carbons (Fsp3) is 0.385. The SMILES string of the molecule is CC1CC(C#N)(C(=O)Nc2c(F)c(F)cc(F)c2F)C1. The summed E-state index contributed by atoms with van der Waals surface area (Å²) < 4.78 is 52.8. The van der Waals surface area contributed by atoms with Gasteiger partial charge in [0.1, 0.15) is 11.1 Å². The molecule has 0 aliphatic heterocycles. The Hall–Kier alpha value is -2.10. The molecule has 0 radical (unpaired) electrons. The lowest BCUT2D eigenvalue weighted by molar-refractivity contribution is -0.128. The highest BCUT2D eigenvalue weighted by Crippen LogP contribution is 2.45. The largest absolute Gasteiger partial charge is 0.320 e. The molecule has 0 atom stereocenters. The van der Waals surface area contributed by atoms with Crippen LogP contribution in [0.3, 0.4) is 0 Å². The van der Waals surface area contributed by atoms with Crippen molar-refractivity contribution < 1.29 is 22.4 Å². The molecule has 1 saturated carbocycles. The smallest absolute Gasteiger partial charge is 0.245 e. The number of amides is 1. The minimum atomic E-state index is -1.70. The number of nitrogens with zero attached hydrogens (tertiary/aromatic N) is 1. The van der Waals surface area contributed by atoms with Gasteiger partial charge in [0.25, 0.3) is 0 Å². The molecule has 1 aliphatic rings. The topological polar surface area (TPSA) is 52.9 Å². The first kappa shape index (κ1) is 14.3. The van der Waals surface area contributed by atoms with Crippen LogP contribution in [0.5, 0.6) is 0 Å². The van der Waals surface area contributed by atoms with Crippen LogP contribution in [0.1, 0.15) is 19.8 Å². The van der Waals surface area contributed by atoms with Crippen molar-refractivity contribution in [2.75, 3.05) is 5.32 Å². The molecule has 0 unspecified atom stereocenters. The zero-order chi connectivity index (χ0) is 15.1. The number of carbonyl (C=O) groups excluding carboxylic acids is 1. The number of hydrogen-bond donors (Lipinski definition) is 1. The molecule has 0 aromatic heterocycles. The Kier molecular flexibility index (Phi) is 3.42. The van der Waals surface area contributed by atoms with Crippen LogP contribution in [0.15, 0.2) is 6.07 Å². The highest BCUT2D eigenvalue weighted by Gasteiger charge is 2.49. The maximum Gasteiger partial charge on any atom is 0.245 e. The molecular formula is C13H10F4N2O. The number of anilines is 1. The van der Waals surface area contributed by atoms with Crippen molar-refractivity contribution in [3.05, 3.63) is 29.3 Å². The van der Waals surface area contributed by atoms with Crippen LogP contribution in [0.4, 0.5) is 23.2 Å². The number of halogens is 4. The maximum atomic E-state index is 13.4. The first-order chi connectivity index (χ1) is 9.30. The van der Waals surface area contributed by atoms with Crippen molar-refractivity contribution >= 4 is 11.6 Å². The molecule has 1 aliphatic carbocycles. The minimum absolute atomic E-state index is 0.0474. The van der Waals surface area contributed by atoms with Gasteiger partial charge in [0.15, 0.2) is 23.3 Å². The summed E-state index contributed by atoms with van der Waals surface area (Å²) in [4.78, 5) is 11.9. The molecule has 1 amide bonds. The summed E-state index contributed by atoms with van der Waals surface area (Å²) in [5, 5.41) is 10.8. The lowest BCUT2D eigenvalue weighted by Crippen LogP contribution is -2.45. The predicted molar refractivity (Wildman–Crippen MR) is 61.3 cm³/mol. The molecule has 106 valence electrons. The van der Waals surface area contributed by atoms with Crippen molar-refractivity contribution in [3.63, 3.8) is 0 Å². The van der Waals surface area contributed by atoms with E-state index in [1.165, 1.54) is 0 Å². The molecule has 3 nitrogen and oxygen atoms in total. The first-order valence-corrected chi connectivity index (χ1v) is 5.86. The van der Waals surface area contributed by atoms with E-state index in [-0.39, 0.29) is 24.8 Å². The minimum Gasteiger partial charge on any atom is -0.320 e. The number of rotatable bonds is 2. The predicted octanol–water partition coefficient (Wildman–Crippen LogP) is 3.12. The van der Waals surface area contributed by atoms with Crippen molar-refractivity contribution in [1.82, 2.24) is 0 Å². The van der Waals surface area contributed by atoms with E-state index >= 15 is 0 Å². The van der Waals surface area contributed by atoms with E-state index in [4.69, 9.17) is 5.26 Å². The van der Waals surface area contributed by atoms with Gasteiger partial charge >= 0.3 is 0 Å². The molecule has 7 heteroatoms. The lowest BCUT2D eigenvalue weighted by atomic mass is 9.63. The molecule has 1 N–H and O–H groups in total. The van der Waals surface area contributed by atoms with Gasteiger partial charge in [-0.15, -0.1) is 0 Å². The number of hydrogen-bond acceptors (Lipinski definition) is 2. The molecule has 2 rings (SSSR count). The summed E-state index contributed by atoms with van der Waals surface area (Å²) in [6.45, 7) is 1.81. The van der Waals surface area contributed by atoms with Gasteiger partial charge in [0, 0.05) is 6.07 Å². The van der Waals surface area contributed by atoms with Gasteiger partial charge in [0.05, 0.1) is 6.07 Å². The van der Waals surface area contributed by atoms with Crippen LogP contribution in [0, 0.1) is 45.9 Å². The number of nitriles is 1. The maximum absolute atomic E-state index is 13.4. The molecule has 1 fully saturated rings. The Morgan fingerprint density at radius 2 is 1.80 bits per heavy atom. The van der Waals surface area contributed by atoms with Crippen LogP contribution in [-0.2, 0) is 4.79 Å². The normalized spacial score (nSPS) is 24.7. The summed E-state index contributed by atoms with van der Waals surface area (Å²) in [6.07, 6.45) is 0.465. The van der Waals surface area contributed by atoms with Gasteiger partial charge in [-0.1, -0.05) is 6.92 Å². The Morgan fingerprint density at radius 3 is 2.20 bits per heavy atom. The van der Waals surface area contributed by atoms with Crippen LogP contribution < -0.4 is 5.32 Å². The third-order valence-corrected chi connectivity index (χ3v) is 3.39. The second-order valence-electron chi connectivity index (χ2n) is 5.00. The Labute approximate surface area is 112 Å². The zero-order valence-electron chi connectivity index (χ0n) is 10.4. The van der Waals surface area contributed by atoms with Gasteiger partial charge in [-0.25, -0.2) is 17.6 Å². The van der Waals surface area contributed by atoms with E-state index in [1.807, 2.05) is 6.92 Å². The third kappa shape index (κ3) is 2.11. The fourth-order valence-electron chi connectivity index (χ4n) is 2.37. The van der Waals surface area contributed by atoms with Crippen molar-refractivity contribution in [2.45, 2.75) is 19.8 Å². The monoisotopic (exact) mass is 286 g/mol. The van der Waals surface area contributed by atoms with E-state index in [1.54, 1.807) is 11.4 Å². The molecular weight excluding hydrogens is 276 g/mol. The van der Waals surface area contributed by atoms with Gasteiger partial charge in [-0.3, -0.25) is 4.79 Å². The van der Waals surface area contributed by atoms with Gasteiger partial charge in [0.2, 0.25) is 5.91 Å². The summed E-state index contributed by atoms with van der Waals surface area (Å²) in [5.41, 5.74) is -2.61. The number of nitrogens with one attached hydrogen (secondary N) is 1. The van der Waals surface area contributed by atoms with Crippen LogP contribution in [0.25, 0.3) is 0 Å². The van der Waals surface area contributed by atoms with Crippen molar-refractivity contribution in [1.29, 1.82) is 5.26 Å². The summed E-state index contributed by atoms with van der Waals surface area (Å²) in [6, 6.07) is 1.84. The van der Waals surface area contributed by atoms with Crippen LogP contribution in [0.2, 0.25) is 0 Å². The average molecular weight is 286 g/mol. The zero-order valence-corrected chi connectivity index (χ0v) is 10.4. The molecule has 0 bridgehead atoms. The highest BCUT2D eigenvalue weighted by molar-refractivity contribution is 5.98. The van der Waals surface area contributed by atoms with Crippen LogP contribution >= 0.6 is 0 Å². The van der Waals surface area contributed by atoms with E-state index in [0.717, 1.165) is 0 Å². The lowest BCUT2D eigenvalue weighted by Gasteiger charge is -2.39. The number of carbonyl (C=O) groups is 1. The third-order valence-electron chi connectivity index (χ3n) is 3.39.